The third-order valence-electron chi connectivity index (χ3n) is 5.70. The van der Waals surface area contributed by atoms with E-state index in [9.17, 15) is 9.59 Å². The van der Waals surface area contributed by atoms with Crippen LogP contribution in [-0.4, -0.2) is 53.3 Å². The van der Waals surface area contributed by atoms with Crippen molar-refractivity contribution in [2.75, 3.05) is 26.7 Å². The van der Waals surface area contributed by atoms with Gasteiger partial charge < -0.3 is 9.80 Å². The quantitative estimate of drug-likeness (QED) is 0.825. The minimum atomic E-state index is 0.0880. The van der Waals surface area contributed by atoms with E-state index in [2.05, 4.69) is 4.98 Å². The second-order valence-electron chi connectivity index (χ2n) is 7.45. The lowest BCUT2D eigenvalue weighted by Crippen LogP contribution is -2.39. The van der Waals surface area contributed by atoms with Gasteiger partial charge in [0.2, 0.25) is 11.8 Å². The highest BCUT2D eigenvalue weighted by atomic mass is 16.2. The van der Waals surface area contributed by atoms with E-state index >= 15 is 0 Å². The molecule has 1 aliphatic carbocycles. The fourth-order valence-electron chi connectivity index (χ4n) is 4.05. The molecule has 0 spiro atoms. The van der Waals surface area contributed by atoms with Gasteiger partial charge in [0.05, 0.1) is 0 Å². The van der Waals surface area contributed by atoms with Gasteiger partial charge in [-0.15, -0.1) is 0 Å². The fourth-order valence-corrected chi connectivity index (χ4v) is 4.05. The molecule has 25 heavy (non-hydrogen) atoms. The molecule has 0 N–H and O–H groups in total. The molecule has 0 bridgehead atoms. The number of hydrogen-bond donors (Lipinski definition) is 0. The Morgan fingerprint density at radius 1 is 1.08 bits per heavy atom. The van der Waals surface area contributed by atoms with Gasteiger partial charge in [0, 0.05) is 50.9 Å². The summed E-state index contributed by atoms with van der Waals surface area (Å²) >= 11 is 0. The van der Waals surface area contributed by atoms with E-state index in [-0.39, 0.29) is 17.7 Å². The molecule has 2 aliphatic rings. The van der Waals surface area contributed by atoms with Crippen LogP contribution < -0.4 is 0 Å². The number of likely N-dealkylation sites (N-methyl/N-ethyl adjacent to an activating group) is 1. The Balaban J connectivity index is 1.43. The highest BCUT2D eigenvalue weighted by Crippen LogP contribution is 2.31. The molecule has 1 saturated heterocycles. The van der Waals surface area contributed by atoms with Crippen LogP contribution in [0, 0.1) is 11.8 Å². The number of likely N-dealkylation sites (tertiary alicyclic amines) is 1. The normalized spacial score (nSPS) is 23.5. The predicted octanol–water partition coefficient (Wildman–Crippen LogP) is 2.51. The van der Waals surface area contributed by atoms with E-state index in [1.165, 1.54) is 5.56 Å². The highest BCUT2D eigenvalue weighted by Gasteiger charge is 2.33. The first-order valence-corrected chi connectivity index (χ1v) is 9.58. The first-order chi connectivity index (χ1) is 12.1. The molecule has 1 aromatic heterocycles. The standard InChI is InChI=1S/C20H29N3O2/c1-22(15-10-16-8-11-21-12-9-16)19(24)17-4-6-18(7-5-17)20(25)23-13-2-3-14-23/h8-9,11-12,17-18H,2-7,10,13-15H2,1H3. The summed E-state index contributed by atoms with van der Waals surface area (Å²) in [7, 11) is 1.89. The maximum Gasteiger partial charge on any atom is 0.225 e. The van der Waals surface area contributed by atoms with Gasteiger partial charge in [-0.25, -0.2) is 0 Å². The molecule has 5 nitrogen and oxygen atoms in total. The van der Waals surface area contributed by atoms with Crippen molar-refractivity contribution in [3.05, 3.63) is 30.1 Å². The molecular formula is C20H29N3O2. The topological polar surface area (TPSA) is 53.5 Å². The Morgan fingerprint density at radius 3 is 2.32 bits per heavy atom. The van der Waals surface area contributed by atoms with Gasteiger partial charge in [0.25, 0.3) is 0 Å². The molecule has 1 aromatic rings. The van der Waals surface area contributed by atoms with Crippen molar-refractivity contribution in [2.24, 2.45) is 11.8 Å². The van der Waals surface area contributed by atoms with E-state index in [1.54, 1.807) is 12.4 Å². The summed E-state index contributed by atoms with van der Waals surface area (Å²) in [6.45, 7) is 2.58. The van der Waals surface area contributed by atoms with Gasteiger partial charge in [-0.3, -0.25) is 14.6 Å². The molecular weight excluding hydrogens is 314 g/mol. The number of pyridine rings is 1. The summed E-state index contributed by atoms with van der Waals surface area (Å²) in [5.41, 5.74) is 1.20. The molecule has 2 fully saturated rings. The number of carbonyl (C=O) groups excluding carboxylic acids is 2. The number of hydrogen-bond acceptors (Lipinski definition) is 3. The molecule has 0 radical (unpaired) electrons. The minimum Gasteiger partial charge on any atom is -0.345 e. The maximum absolute atomic E-state index is 12.7. The van der Waals surface area contributed by atoms with Crippen LogP contribution in [0.1, 0.15) is 44.1 Å². The van der Waals surface area contributed by atoms with Gasteiger partial charge in [0.15, 0.2) is 0 Å². The smallest absolute Gasteiger partial charge is 0.225 e. The number of carbonyl (C=O) groups is 2. The van der Waals surface area contributed by atoms with E-state index in [0.29, 0.717) is 5.91 Å². The fraction of sp³-hybridized carbons (Fsp3) is 0.650. The molecule has 0 atom stereocenters. The second kappa shape index (κ2) is 8.45. The van der Waals surface area contributed by atoms with Crippen LogP contribution >= 0.6 is 0 Å². The van der Waals surface area contributed by atoms with Crippen LogP contribution in [0.3, 0.4) is 0 Å². The zero-order valence-electron chi connectivity index (χ0n) is 15.2. The number of aromatic nitrogens is 1. The van der Waals surface area contributed by atoms with Crippen LogP contribution in [0.2, 0.25) is 0 Å². The van der Waals surface area contributed by atoms with E-state index < -0.39 is 0 Å². The van der Waals surface area contributed by atoms with Crippen molar-refractivity contribution in [3.63, 3.8) is 0 Å². The Hall–Kier alpha value is -1.91. The molecule has 3 rings (SSSR count). The first-order valence-electron chi connectivity index (χ1n) is 9.58. The zero-order chi connectivity index (χ0) is 17.6. The van der Waals surface area contributed by atoms with Gasteiger partial charge >= 0.3 is 0 Å². The van der Waals surface area contributed by atoms with E-state index in [1.807, 2.05) is 29.0 Å². The van der Waals surface area contributed by atoms with Crippen molar-refractivity contribution in [1.29, 1.82) is 0 Å². The van der Waals surface area contributed by atoms with E-state index in [4.69, 9.17) is 0 Å². The van der Waals surface area contributed by atoms with Crippen molar-refractivity contribution < 1.29 is 9.59 Å². The zero-order valence-corrected chi connectivity index (χ0v) is 15.2. The maximum atomic E-state index is 12.7. The predicted molar refractivity (Wildman–Crippen MR) is 96.8 cm³/mol. The summed E-state index contributed by atoms with van der Waals surface area (Å²) in [4.78, 5) is 33.1. The third-order valence-corrected chi connectivity index (χ3v) is 5.70. The summed E-state index contributed by atoms with van der Waals surface area (Å²) in [6.07, 6.45) is 10.1. The van der Waals surface area contributed by atoms with Crippen LogP contribution in [0.25, 0.3) is 0 Å². The average molecular weight is 343 g/mol. The number of nitrogens with zero attached hydrogens (tertiary/aromatic N) is 3. The molecule has 2 amide bonds. The lowest BCUT2D eigenvalue weighted by molar-refractivity contribution is -0.140. The summed E-state index contributed by atoms with van der Waals surface area (Å²) in [5.74, 6) is 0.796. The largest absolute Gasteiger partial charge is 0.345 e. The van der Waals surface area contributed by atoms with Gasteiger partial charge in [-0.1, -0.05) is 0 Å². The van der Waals surface area contributed by atoms with Gasteiger partial charge in [-0.2, -0.15) is 0 Å². The molecule has 0 aromatic carbocycles. The molecule has 1 aliphatic heterocycles. The van der Waals surface area contributed by atoms with Crippen LogP contribution in [-0.2, 0) is 16.0 Å². The first kappa shape index (κ1) is 17.9. The monoisotopic (exact) mass is 343 g/mol. The number of rotatable bonds is 5. The lowest BCUT2D eigenvalue weighted by Gasteiger charge is -2.31. The summed E-state index contributed by atoms with van der Waals surface area (Å²) < 4.78 is 0. The Labute approximate surface area is 150 Å². The van der Waals surface area contributed by atoms with Crippen molar-refractivity contribution in [1.82, 2.24) is 14.8 Å². The van der Waals surface area contributed by atoms with Crippen LogP contribution in [0.5, 0.6) is 0 Å². The average Bonchev–Trinajstić information content (AvgIpc) is 3.20. The summed E-state index contributed by atoms with van der Waals surface area (Å²) in [5, 5.41) is 0. The Morgan fingerprint density at radius 2 is 1.68 bits per heavy atom. The summed E-state index contributed by atoms with van der Waals surface area (Å²) in [6, 6.07) is 3.99. The third kappa shape index (κ3) is 4.59. The second-order valence-corrected chi connectivity index (χ2v) is 7.45. The lowest BCUT2D eigenvalue weighted by atomic mass is 9.80. The van der Waals surface area contributed by atoms with E-state index in [0.717, 1.165) is 64.6 Å². The molecule has 5 heteroatoms. The van der Waals surface area contributed by atoms with Crippen molar-refractivity contribution >= 4 is 11.8 Å². The molecule has 136 valence electrons. The Kier molecular flexibility index (Phi) is 6.05. The molecule has 1 saturated carbocycles. The van der Waals surface area contributed by atoms with Crippen LogP contribution in [0.4, 0.5) is 0 Å². The number of amides is 2. The molecule has 0 unspecified atom stereocenters. The van der Waals surface area contributed by atoms with Crippen molar-refractivity contribution in [2.45, 2.75) is 44.9 Å². The van der Waals surface area contributed by atoms with Gasteiger partial charge in [-0.05, 0) is 62.6 Å². The molecule has 2 heterocycles. The SMILES string of the molecule is CN(CCc1ccncc1)C(=O)C1CCC(C(=O)N2CCCC2)CC1. The van der Waals surface area contributed by atoms with Crippen LogP contribution in [0.15, 0.2) is 24.5 Å². The minimum absolute atomic E-state index is 0.0880. The Bertz CT molecular complexity index is 576. The van der Waals surface area contributed by atoms with Gasteiger partial charge in [0.1, 0.15) is 0 Å². The highest BCUT2D eigenvalue weighted by molar-refractivity contribution is 5.81. The van der Waals surface area contributed by atoms with Crippen molar-refractivity contribution in [3.8, 4) is 0 Å².